The van der Waals surface area contributed by atoms with E-state index in [9.17, 15) is 62.3 Å². The smallest absolute Gasteiger partial charge is 0.374 e. The van der Waals surface area contributed by atoms with Crippen molar-refractivity contribution >= 4 is 17.4 Å². The quantitative estimate of drug-likeness (QED) is 0.248. The van der Waals surface area contributed by atoms with Crippen molar-refractivity contribution in [3.05, 3.63) is 69.5 Å². The lowest BCUT2D eigenvalue weighted by atomic mass is 9.84. The highest BCUT2D eigenvalue weighted by Gasteiger charge is 2.64. The standard InChI is InChI=1S/C25H18F12N2O3/c1-11-6-12(2-3-14(11)18(40)4-5-19(41)38-10-23(29,30)31)17-9-22(42-39-17,25(35,36)37)16-8-13(24(32,33)34)7-15(20(16)26)21(27)28/h2-3,6-8,21H,4-5,9-10H2,1H3,(H,38,41)/t22-/m0/s1. The zero-order chi connectivity index (χ0) is 31.8. The molecule has 0 saturated heterocycles. The predicted molar refractivity (Wildman–Crippen MR) is 120 cm³/mol. The van der Waals surface area contributed by atoms with E-state index in [-0.39, 0.29) is 28.8 Å². The Morgan fingerprint density at radius 1 is 1.00 bits per heavy atom. The first kappa shape index (κ1) is 32.7. The maximum Gasteiger partial charge on any atom is 0.435 e. The van der Waals surface area contributed by atoms with Crippen LogP contribution in [0.15, 0.2) is 35.5 Å². The Kier molecular flexibility index (Phi) is 8.94. The third-order valence-corrected chi connectivity index (χ3v) is 6.21. The third kappa shape index (κ3) is 6.98. The summed E-state index contributed by atoms with van der Waals surface area (Å²) < 4.78 is 161. The zero-order valence-electron chi connectivity index (χ0n) is 21.0. The molecule has 1 N–H and O–H groups in total. The van der Waals surface area contributed by atoms with E-state index >= 15 is 0 Å². The second-order valence-electron chi connectivity index (χ2n) is 9.20. The Balaban J connectivity index is 1.90. The molecule has 0 aromatic heterocycles. The first-order chi connectivity index (χ1) is 19.2. The first-order valence-corrected chi connectivity index (χ1v) is 11.6. The number of amides is 1. The molecule has 3 rings (SSSR count). The minimum absolute atomic E-state index is 0.0607. The van der Waals surface area contributed by atoms with Gasteiger partial charge < -0.3 is 10.2 Å². The van der Waals surface area contributed by atoms with Gasteiger partial charge in [0.05, 0.1) is 23.3 Å². The summed E-state index contributed by atoms with van der Waals surface area (Å²) in [6.07, 6.45) is -22.2. The largest absolute Gasteiger partial charge is 0.435 e. The van der Waals surface area contributed by atoms with E-state index in [0.29, 0.717) is 0 Å². The molecule has 0 radical (unpaired) electrons. The Hall–Kier alpha value is -3.79. The van der Waals surface area contributed by atoms with Crippen LogP contribution >= 0.6 is 0 Å². The summed E-state index contributed by atoms with van der Waals surface area (Å²) in [4.78, 5) is 28.5. The number of carbonyl (C=O) groups excluding carboxylic acids is 2. The number of nitrogens with one attached hydrogen (secondary N) is 1. The highest BCUT2D eigenvalue weighted by atomic mass is 19.4. The molecule has 230 valence electrons. The topological polar surface area (TPSA) is 67.8 Å². The lowest BCUT2D eigenvalue weighted by molar-refractivity contribution is -0.277. The van der Waals surface area contributed by atoms with Crippen LogP contribution in [0.1, 0.15) is 63.9 Å². The Morgan fingerprint density at radius 3 is 2.17 bits per heavy atom. The van der Waals surface area contributed by atoms with Gasteiger partial charge in [0.25, 0.3) is 12.0 Å². The van der Waals surface area contributed by atoms with Gasteiger partial charge >= 0.3 is 18.5 Å². The maximum atomic E-state index is 14.9. The third-order valence-electron chi connectivity index (χ3n) is 6.21. The monoisotopic (exact) mass is 622 g/mol. The van der Waals surface area contributed by atoms with Crippen LogP contribution in [0.5, 0.6) is 0 Å². The van der Waals surface area contributed by atoms with Gasteiger partial charge in [0, 0.05) is 24.0 Å². The summed E-state index contributed by atoms with van der Waals surface area (Å²) >= 11 is 0. The zero-order valence-corrected chi connectivity index (χ0v) is 21.0. The predicted octanol–water partition coefficient (Wildman–Crippen LogP) is 7.31. The fourth-order valence-electron chi connectivity index (χ4n) is 4.11. The number of aryl methyl sites for hydroxylation is 1. The second kappa shape index (κ2) is 11.5. The number of hydrogen-bond donors (Lipinski definition) is 1. The molecule has 42 heavy (non-hydrogen) atoms. The molecule has 5 nitrogen and oxygen atoms in total. The van der Waals surface area contributed by atoms with Gasteiger partial charge in [0.15, 0.2) is 5.78 Å². The lowest BCUT2D eigenvalue weighted by Gasteiger charge is -2.31. The summed E-state index contributed by atoms with van der Waals surface area (Å²) in [6.45, 7) is -0.291. The number of Topliss-reactive ketones (excluding diaryl/α,β-unsaturated/α-hetero) is 1. The van der Waals surface area contributed by atoms with Crippen LogP contribution in [-0.4, -0.2) is 36.3 Å². The number of oxime groups is 1. The van der Waals surface area contributed by atoms with Crippen LogP contribution in [-0.2, 0) is 21.4 Å². The number of hydrogen-bond acceptors (Lipinski definition) is 4. The van der Waals surface area contributed by atoms with Crippen molar-refractivity contribution in [3.8, 4) is 0 Å². The number of ketones is 1. The van der Waals surface area contributed by atoms with E-state index in [1.54, 1.807) is 5.32 Å². The number of rotatable bonds is 8. The Bertz CT molecular complexity index is 1400. The molecule has 0 fully saturated rings. The molecule has 1 amide bonds. The van der Waals surface area contributed by atoms with Gasteiger partial charge in [-0.15, -0.1) is 0 Å². The average Bonchev–Trinajstić information content (AvgIpc) is 3.31. The number of benzene rings is 2. The van der Waals surface area contributed by atoms with Crippen LogP contribution in [0.4, 0.5) is 52.7 Å². The van der Waals surface area contributed by atoms with E-state index in [1.165, 1.54) is 6.92 Å². The molecule has 0 aliphatic carbocycles. The minimum atomic E-state index is -5.65. The van der Waals surface area contributed by atoms with Gasteiger partial charge in [-0.1, -0.05) is 17.3 Å². The fraction of sp³-hybridized carbons (Fsp3) is 0.400. The molecule has 1 heterocycles. The molecule has 1 aliphatic rings. The average molecular weight is 622 g/mol. The Morgan fingerprint density at radius 2 is 1.64 bits per heavy atom. The van der Waals surface area contributed by atoms with Gasteiger partial charge in [-0.2, -0.15) is 39.5 Å². The molecule has 1 aliphatic heterocycles. The molecule has 0 bridgehead atoms. The SMILES string of the molecule is Cc1cc(C2=NO[C@@](c3cc(C(F)(F)F)cc(C(F)F)c3F)(C(F)(F)F)C2)ccc1C(=O)CCC(=O)NCC(F)(F)F. The van der Waals surface area contributed by atoms with Gasteiger partial charge in [0.1, 0.15) is 12.4 Å². The number of alkyl halides is 11. The lowest BCUT2D eigenvalue weighted by Crippen LogP contribution is -2.44. The van der Waals surface area contributed by atoms with E-state index in [0.717, 1.165) is 18.2 Å². The number of carbonyl (C=O) groups is 2. The number of halogens is 12. The summed E-state index contributed by atoms with van der Waals surface area (Å²) in [5.74, 6) is -4.03. The molecule has 2 aromatic rings. The van der Waals surface area contributed by atoms with E-state index in [1.807, 2.05) is 0 Å². The maximum absolute atomic E-state index is 14.9. The van der Waals surface area contributed by atoms with Crippen LogP contribution < -0.4 is 5.32 Å². The summed E-state index contributed by atoms with van der Waals surface area (Å²) in [5, 5.41) is 4.84. The van der Waals surface area contributed by atoms with Crippen molar-refractivity contribution in [2.24, 2.45) is 5.16 Å². The molecule has 0 saturated carbocycles. The van der Waals surface area contributed by atoms with Crippen molar-refractivity contribution in [1.29, 1.82) is 0 Å². The van der Waals surface area contributed by atoms with Gasteiger partial charge in [-0.3, -0.25) is 9.59 Å². The Labute approximate surface area is 228 Å². The highest BCUT2D eigenvalue weighted by Crippen LogP contribution is 2.51. The van der Waals surface area contributed by atoms with Crippen LogP contribution in [0.3, 0.4) is 0 Å². The van der Waals surface area contributed by atoms with Gasteiger partial charge in [0.2, 0.25) is 5.91 Å². The van der Waals surface area contributed by atoms with Crippen molar-refractivity contribution in [2.45, 2.75) is 56.7 Å². The van der Waals surface area contributed by atoms with E-state index < -0.39 is 96.3 Å². The molecule has 17 heteroatoms. The minimum Gasteiger partial charge on any atom is -0.374 e. The summed E-state index contributed by atoms with van der Waals surface area (Å²) in [6, 6.07) is 2.70. The summed E-state index contributed by atoms with van der Waals surface area (Å²) in [7, 11) is 0. The van der Waals surface area contributed by atoms with Crippen LogP contribution in [0.25, 0.3) is 0 Å². The van der Waals surface area contributed by atoms with Gasteiger partial charge in [-0.05, 0) is 36.2 Å². The summed E-state index contributed by atoms with van der Waals surface area (Å²) in [5.41, 5.74) is -10.3. The van der Waals surface area contributed by atoms with Crippen molar-refractivity contribution < 1.29 is 67.1 Å². The normalized spacial score (nSPS) is 17.7. The van der Waals surface area contributed by atoms with Crippen LogP contribution in [0.2, 0.25) is 0 Å². The number of nitrogens with zero attached hydrogens (tertiary/aromatic N) is 1. The first-order valence-electron chi connectivity index (χ1n) is 11.6. The van der Waals surface area contributed by atoms with Crippen molar-refractivity contribution in [3.63, 3.8) is 0 Å². The van der Waals surface area contributed by atoms with Crippen LogP contribution in [0, 0.1) is 12.7 Å². The molecule has 0 spiro atoms. The van der Waals surface area contributed by atoms with Crippen molar-refractivity contribution in [2.75, 3.05) is 6.54 Å². The molecule has 1 atom stereocenters. The fourth-order valence-corrected chi connectivity index (χ4v) is 4.11. The second-order valence-corrected chi connectivity index (χ2v) is 9.20. The van der Waals surface area contributed by atoms with Crippen molar-refractivity contribution in [1.82, 2.24) is 5.32 Å². The van der Waals surface area contributed by atoms with Gasteiger partial charge in [-0.25, -0.2) is 13.2 Å². The molecule has 2 aromatic carbocycles. The molecule has 0 unspecified atom stereocenters. The molecular weight excluding hydrogens is 604 g/mol. The van der Waals surface area contributed by atoms with E-state index in [2.05, 4.69) is 9.99 Å². The highest BCUT2D eigenvalue weighted by molar-refractivity contribution is 6.04. The van der Waals surface area contributed by atoms with E-state index in [4.69, 9.17) is 0 Å². The molecular formula is C25H18F12N2O3.